The van der Waals surface area contributed by atoms with Crippen LogP contribution in [0.25, 0.3) is 0 Å². The minimum Gasteiger partial charge on any atom is -0.327 e. The zero-order chi connectivity index (χ0) is 13.4. The summed E-state index contributed by atoms with van der Waals surface area (Å²) in [5.74, 6) is 0. The topological polar surface area (TPSA) is 66.6 Å². The van der Waals surface area contributed by atoms with Gasteiger partial charge in [0.05, 0.1) is 0 Å². The zero-order valence-electron chi connectivity index (χ0n) is 11.8. The molecule has 2 N–H and O–H groups in total. The molecule has 0 aromatic carbocycles. The van der Waals surface area contributed by atoms with Crippen molar-refractivity contribution < 1.29 is 8.42 Å². The van der Waals surface area contributed by atoms with Crippen molar-refractivity contribution in [2.24, 2.45) is 11.1 Å². The number of nitrogens with two attached hydrogens (primary N) is 1. The fraction of sp³-hybridized carbons (Fsp3) is 1.00. The van der Waals surface area contributed by atoms with Crippen molar-refractivity contribution in [2.75, 3.05) is 26.2 Å². The van der Waals surface area contributed by atoms with Crippen LogP contribution >= 0.6 is 12.4 Å². The lowest BCUT2D eigenvalue weighted by molar-refractivity contribution is 0.147. The lowest BCUT2D eigenvalue weighted by Gasteiger charge is -2.43. The quantitative estimate of drug-likeness (QED) is 0.833. The van der Waals surface area contributed by atoms with E-state index in [1.807, 2.05) is 0 Å². The highest BCUT2D eigenvalue weighted by atomic mass is 35.5. The molecule has 2 aliphatic rings. The molecule has 114 valence electrons. The second-order valence-corrected chi connectivity index (χ2v) is 8.11. The predicted molar refractivity (Wildman–Crippen MR) is 79.5 cm³/mol. The molecule has 2 heterocycles. The van der Waals surface area contributed by atoms with Crippen LogP contribution in [-0.2, 0) is 10.2 Å². The van der Waals surface area contributed by atoms with Crippen LogP contribution in [0.2, 0.25) is 0 Å². The van der Waals surface area contributed by atoms with E-state index in [4.69, 9.17) is 5.73 Å². The van der Waals surface area contributed by atoms with E-state index in [-0.39, 0.29) is 23.9 Å². The highest BCUT2D eigenvalue weighted by molar-refractivity contribution is 7.86. The molecule has 2 fully saturated rings. The van der Waals surface area contributed by atoms with Crippen LogP contribution in [0.4, 0.5) is 0 Å². The summed E-state index contributed by atoms with van der Waals surface area (Å²) in [6.45, 7) is 6.54. The Balaban J connectivity index is 0.00000180. The third-order valence-electron chi connectivity index (χ3n) is 4.24. The Morgan fingerprint density at radius 1 is 1.05 bits per heavy atom. The first-order valence-electron chi connectivity index (χ1n) is 6.85. The Morgan fingerprint density at radius 2 is 1.63 bits per heavy atom. The first-order valence-corrected chi connectivity index (χ1v) is 8.24. The average molecular weight is 312 g/mol. The molecule has 7 heteroatoms. The van der Waals surface area contributed by atoms with Gasteiger partial charge in [-0.05, 0) is 24.7 Å². The van der Waals surface area contributed by atoms with Crippen LogP contribution in [0.3, 0.4) is 0 Å². The molecule has 0 spiro atoms. The van der Waals surface area contributed by atoms with Crippen molar-refractivity contribution in [3.8, 4) is 0 Å². The van der Waals surface area contributed by atoms with Gasteiger partial charge >= 0.3 is 0 Å². The van der Waals surface area contributed by atoms with Gasteiger partial charge in [-0.1, -0.05) is 20.3 Å². The minimum atomic E-state index is -3.27. The van der Waals surface area contributed by atoms with Crippen molar-refractivity contribution in [3.63, 3.8) is 0 Å². The van der Waals surface area contributed by atoms with Gasteiger partial charge in [0.2, 0.25) is 0 Å². The molecule has 19 heavy (non-hydrogen) atoms. The first kappa shape index (κ1) is 17.2. The van der Waals surface area contributed by atoms with Crippen molar-refractivity contribution in [1.29, 1.82) is 0 Å². The minimum absolute atomic E-state index is 0. The molecular formula is C12H26ClN3O2S. The smallest absolute Gasteiger partial charge is 0.281 e. The van der Waals surface area contributed by atoms with Crippen molar-refractivity contribution in [2.45, 2.75) is 45.6 Å². The van der Waals surface area contributed by atoms with Gasteiger partial charge in [-0.15, -0.1) is 12.4 Å². The molecule has 0 aliphatic carbocycles. The van der Waals surface area contributed by atoms with Crippen molar-refractivity contribution in [1.82, 2.24) is 8.61 Å². The van der Waals surface area contributed by atoms with E-state index in [1.165, 1.54) is 0 Å². The van der Waals surface area contributed by atoms with Gasteiger partial charge < -0.3 is 5.73 Å². The number of rotatable bonds is 2. The molecule has 2 aliphatic heterocycles. The monoisotopic (exact) mass is 311 g/mol. The van der Waals surface area contributed by atoms with E-state index in [1.54, 1.807) is 8.61 Å². The summed E-state index contributed by atoms with van der Waals surface area (Å²) in [5, 5.41) is 0. The Morgan fingerprint density at radius 3 is 2.16 bits per heavy atom. The molecule has 0 radical (unpaired) electrons. The third kappa shape index (κ3) is 3.61. The maximum Gasteiger partial charge on any atom is 0.281 e. The van der Waals surface area contributed by atoms with Crippen LogP contribution < -0.4 is 5.73 Å². The molecule has 5 nitrogen and oxygen atoms in total. The summed E-state index contributed by atoms with van der Waals surface area (Å²) in [6.07, 6.45) is 3.86. The maximum atomic E-state index is 12.5. The molecule has 2 rings (SSSR count). The first-order chi connectivity index (χ1) is 8.34. The third-order valence-corrected chi connectivity index (χ3v) is 6.23. The van der Waals surface area contributed by atoms with Crippen LogP contribution in [0.1, 0.15) is 39.5 Å². The molecule has 1 atom stereocenters. The van der Waals surface area contributed by atoms with Crippen molar-refractivity contribution in [3.05, 3.63) is 0 Å². The SMILES string of the molecule is CC1(C)CN(S(=O)(=O)N2CCCCC2)CCC1N.Cl. The van der Waals surface area contributed by atoms with Gasteiger partial charge in [-0.2, -0.15) is 17.0 Å². The second-order valence-electron chi connectivity index (χ2n) is 6.18. The van der Waals surface area contributed by atoms with E-state index in [0.29, 0.717) is 26.2 Å². The van der Waals surface area contributed by atoms with Crippen LogP contribution in [-0.4, -0.2) is 49.2 Å². The van der Waals surface area contributed by atoms with E-state index in [9.17, 15) is 8.42 Å². The van der Waals surface area contributed by atoms with Crippen molar-refractivity contribution >= 4 is 22.6 Å². The van der Waals surface area contributed by atoms with Gasteiger partial charge in [0.15, 0.2) is 0 Å². The van der Waals surface area contributed by atoms with E-state index in [2.05, 4.69) is 13.8 Å². The Labute approximate surface area is 123 Å². The van der Waals surface area contributed by atoms with Gasteiger partial charge in [0.25, 0.3) is 10.2 Å². The van der Waals surface area contributed by atoms with Crippen LogP contribution in [0.5, 0.6) is 0 Å². The molecule has 0 aromatic rings. The normalized spacial score (nSPS) is 29.7. The summed E-state index contributed by atoms with van der Waals surface area (Å²) in [4.78, 5) is 0. The highest BCUT2D eigenvalue weighted by Crippen LogP contribution is 2.30. The lowest BCUT2D eigenvalue weighted by Crippen LogP contribution is -2.57. The standard InChI is InChI=1S/C12H25N3O2S.ClH/c1-12(2)10-15(9-6-11(12)13)18(16,17)14-7-4-3-5-8-14;/h11H,3-10,13H2,1-2H3;1H. The predicted octanol–water partition coefficient (Wildman–Crippen LogP) is 1.20. The van der Waals surface area contributed by atoms with E-state index >= 15 is 0 Å². The maximum absolute atomic E-state index is 12.5. The number of halogens is 1. The number of hydrogen-bond acceptors (Lipinski definition) is 3. The summed E-state index contributed by atoms with van der Waals surface area (Å²) in [7, 11) is -3.27. The fourth-order valence-electron chi connectivity index (χ4n) is 2.78. The summed E-state index contributed by atoms with van der Waals surface area (Å²) >= 11 is 0. The lowest BCUT2D eigenvalue weighted by atomic mass is 9.81. The molecular weight excluding hydrogens is 286 g/mol. The summed E-state index contributed by atoms with van der Waals surface area (Å²) in [6, 6.07) is 0.0882. The largest absolute Gasteiger partial charge is 0.327 e. The van der Waals surface area contributed by atoms with Gasteiger partial charge in [-0.3, -0.25) is 0 Å². The number of nitrogens with zero attached hydrogens (tertiary/aromatic N) is 2. The molecule has 2 saturated heterocycles. The molecule has 0 aromatic heterocycles. The van der Waals surface area contributed by atoms with Gasteiger partial charge in [0, 0.05) is 32.2 Å². The molecule has 0 amide bonds. The molecule has 0 saturated carbocycles. The second kappa shape index (κ2) is 6.26. The number of hydrogen-bond donors (Lipinski definition) is 1. The summed E-state index contributed by atoms with van der Waals surface area (Å²) < 4.78 is 28.4. The van der Waals surface area contributed by atoms with E-state index in [0.717, 1.165) is 25.7 Å². The highest BCUT2D eigenvalue weighted by Gasteiger charge is 2.40. The Kier molecular flexibility index (Phi) is 5.66. The number of piperidine rings is 2. The van der Waals surface area contributed by atoms with Gasteiger partial charge in [0.1, 0.15) is 0 Å². The zero-order valence-corrected chi connectivity index (χ0v) is 13.5. The molecule has 1 unspecified atom stereocenters. The van der Waals surface area contributed by atoms with Gasteiger partial charge in [-0.25, -0.2) is 0 Å². The van der Waals surface area contributed by atoms with Crippen LogP contribution in [0.15, 0.2) is 0 Å². The summed E-state index contributed by atoms with van der Waals surface area (Å²) in [5.41, 5.74) is 5.92. The fourth-order valence-corrected chi connectivity index (χ4v) is 4.66. The molecule has 0 bridgehead atoms. The Bertz CT molecular complexity index is 394. The van der Waals surface area contributed by atoms with Crippen LogP contribution in [0, 0.1) is 5.41 Å². The van der Waals surface area contributed by atoms with E-state index < -0.39 is 10.2 Å². The Hall–Kier alpha value is 0.120. The average Bonchev–Trinajstić information content (AvgIpc) is 2.33.